The van der Waals surface area contributed by atoms with E-state index >= 15 is 0 Å². The maximum atomic E-state index is 6.26. The Morgan fingerprint density at radius 3 is 2.72 bits per heavy atom. The van der Waals surface area contributed by atoms with Crippen molar-refractivity contribution in [3.63, 3.8) is 0 Å². The average Bonchev–Trinajstić information content (AvgIpc) is 2.62. The molecular formula is C16H26N2. The van der Waals surface area contributed by atoms with Crippen LogP contribution in [0.2, 0.25) is 0 Å². The van der Waals surface area contributed by atoms with Crippen molar-refractivity contribution in [2.45, 2.75) is 45.7 Å². The molecule has 1 aromatic rings. The highest BCUT2D eigenvalue weighted by Crippen LogP contribution is 2.37. The molecule has 1 fully saturated rings. The Balaban J connectivity index is 1.97. The summed E-state index contributed by atoms with van der Waals surface area (Å²) in [7, 11) is 2.21. The van der Waals surface area contributed by atoms with Crippen molar-refractivity contribution in [2.75, 3.05) is 13.6 Å². The normalized spacial score (nSPS) is 27.9. The minimum atomic E-state index is 0.303. The van der Waals surface area contributed by atoms with Gasteiger partial charge in [0.2, 0.25) is 0 Å². The topological polar surface area (TPSA) is 29.3 Å². The van der Waals surface area contributed by atoms with Crippen LogP contribution in [-0.2, 0) is 6.54 Å². The van der Waals surface area contributed by atoms with E-state index in [1.54, 1.807) is 0 Å². The van der Waals surface area contributed by atoms with Crippen LogP contribution in [-0.4, -0.2) is 24.5 Å². The molecule has 2 unspecified atom stereocenters. The van der Waals surface area contributed by atoms with Crippen molar-refractivity contribution in [3.05, 3.63) is 35.4 Å². The molecule has 2 rings (SSSR count). The van der Waals surface area contributed by atoms with Crippen molar-refractivity contribution in [3.8, 4) is 0 Å². The second-order valence-electron chi connectivity index (χ2n) is 6.25. The van der Waals surface area contributed by atoms with Gasteiger partial charge in [-0.15, -0.1) is 0 Å². The third-order valence-corrected chi connectivity index (χ3v) is 4.49. The van der Waals surface area contributed by atoms with Crippen molar-refractivity contribution in [1.29, 1.82) is 0 Å². The monoisotopic (exact) mass is 246 g/mol. The molecule has 0 radical (unpaired) electrons. The molecule has 1 aliphatic rings. The Morgan fingerprint density at radius 1 is 1.39 bits per heavy atom. The second-order valence-corrected chi connectivity index (χ2v) is 6.25. The Kier molecular flexibility index (Phi) is 4.08. The first-order valence-corrected chi connectivity index (χ1v) is 7.00. The summed E-state index contributed by atoms with van der Waals surface area (Å²) < 4.78 is 0. The molecule has 2 atom stereocenters. The highest BCUT2D eigenvalue weighted by Gasteiger charge is 2.36. The fraction of sp³-hybridized carbons (Fsp3) is 0.625. The predicted molar refractivity (Wildman–Crippen MR) is 77.4 cm³/mol. The van der Waals surface area contributed by atoms with Crippen LogP contribution in [0, 0.1) is 12.3 Å². The van der Waals surface area contributed by atoms with Crippen molar-refractivity contribution >= 4 is 0 Å². The zero-order chi connectivity index (χ0) is 13.2. The molecule has 0 amide bonds. The van der Waals surface area contributed by atoms with E-state index in [2.05, 4.69) is 50.1 Å². The molecule has 0 aromatic heterocycles. The van der Waals surface area contributed by atoms with Gasteiger partial charge < -0.3 is 10.6 Å². The van der Waals surface area contributed by atoms with E-state index in [1.165, 1.54) is 30.4 Å². The van der Waals surface area contributed by atoms with Gasteiger partial charge in [-0.05, 0) is 43.4 Å². The van der Waals surface area contributed by atoms with E-state index in [9.17, 15) is 0 Å². The predicted octanol–water partition coefficient (Wildman–Crippen LogP) is 2.94. The van der Waals surface area contributed by atoms with Crippen molar-refractivity contribution in [2.24, 2.45) is 11.1 Å². The molecule has 1 aromatic carbocycles. The van der Waals surface area contributed by atoms with Crippen LogP contribution < -0.4 is 5.73 Å². The minimum Gasteiger partial charge on any atom is -0.327 e. The van der Waals surface area contributed by atoms with Gasteiger partial charge in [-0.2, -0.15) is 0 Å². The lowest BCUT2D eigenvalue weighted by Gasteiger charge is -2.34. The number of benzene rings is 1. The van der Waals surface area contributed by atoms with Crippen LogP contribution in [0.15, 0.2) is 24.3 Å². The summed E-state index contributed by atoms with van der Waals surface area (Å²) in [6, 6.07) is 9.01. The van der Waals surface area contributed by atoms with Gasteiger partial charge in [0.05, 0.1) is 0 Å². The summed E-state index contributed by atoms with van der Waals surface area (Å²) in [6.45, 7) is 6.66. The number of nitrogens with zero attached hydrogens (tertiary/aromatic N) is 1. The first-order chi connectivity index (χ1) is 8.51. The molecule has 0 spiro atoms. The molecule has 0 aliphatic heterocycles. The summed E-state index contributed by atoms with van der Waals surface area (Å²) in [6.07, 6.45) is 3.75. The number of rotatable bonds is 4. The largest absolute Gasteiger partial charge is 0.327 e. The van der Waals surface area contributed by atoms with E-state index in [4.69, 9.17) is 5.73 Å². The summed E-state index contributed by atoms with van der Waals surface area (Å²) in [5.41, 5.74) is 9.37. The maximum Gasteiger partial charge on any atom is 0.0233 e. The second kappa shape index (κ2) is 5.41. The average molecular weight is 246 g/mol. The van der Waals surface area contributed by atoms with Crippen molar-refractivity contribution < 1.29 is 0 Å². The van der Waals surface area contributed by atoms with E-state index < -0.39 is 0 Å². The van der Waals surface area contributed by atoms with Crippen LogP contribution >= 0.6 is 0 Å². The molecule has 1 saturated carbocycles. The van der Waals surface area contributed by atoms with E-state index in [0.29, 0.717) is 11.5 Å². The third kappa shape index (κ3) is 2.93. The first kappa shape index (κ1) is 13.6. The molecule has 2 N–H and O–H groups in total. The summed E-state index contributed by atoms with van der Waals surface area (Å²) in [4.78, 5) is 2.42. The highest BCUT2D eigenvalue weighted by molar-refractivity contribution is 5.25. The molecule has 1 aliphatic carbocycles. The number of hydrogen-bond acceptors (Lipinski definition) is 2. The van der Waals surface area contributed by atoms with Crippen LogP contribution in [0.4, 0.5) is 0 Å². The number of aryl methyl sites for hydroxylation is 1. The quantitative estimate of drug-likeness (QED) is 0.885. The lowest BCUT2D eigenvalue weighted by Crippen LogP contribution is -2.42. The van der Waals surface area contributed by atoms with Gasteiger partial charge in [0.25, 0.3) is 0 Å². The van der Waals surface area contributed by atoms with E-state index in [-0.39, 0.29) is 0 Å². The Morgan fingerprint density at radius 2 is 2.11 bits per heavy atom. The maximum absolute atomic E-state index is 6.26. The van der Waals surface area contributed by atoms with Crippen molar-refractivity contribution in [1.82, 2.24) is 4.90 Å². The van der Waals surface area contributed by atoms with Gasteiger partial charge in [-0.3, -0.25) is 0 Å². The molecule has 18 heavy (non-hydrogen) atoms. The SMILES string of the molecule is Cc1ccccc1CN(C)CC1(C)CCCC1N. The Bertz CT molecular complexity index is 402. The molecule has 100 valence electrons. The third-order valence-electron chi connectivity index (χ3n) is 4.49. The lowest BCUT2D eigenvalue weighted by molar-refractivity contribution is 0.173. The molecular weight excluding hydrogens is 220 g/mol. The molecule has 2 heteroatoms. The molecule has 0 heterocycles. The van der Waals surface area contributed by atoms with E-state index in [1.807, 2.05) is 0 Å². The smallest absolute Gasteiger partial charge is 0.0233 e. The van der Waals surface area contributed by atoms with Gasteiger partial charge in [-0.1, -0.05) is 37.6 Å². The van der Waals surface area contributed by atoms with Crippen LogP contribution in [0.3, 0.4) is 0 Å². The fourth-order valence-corrected chi connectivity index (χ4v) is 3.21. The van der Waals surface area contributed by atoms with Gasteiger partial charge in [0, 0.05) is 19.1 Å². The summed E-state index contributed by atoms with van der Waals surface area (Å²) >= 11 is 0. The zero-order valence-electron chi connectivity index (χ0n) is 11.9. The molecule has 0 bridgehead atoms. The van der Waals surface area contributed by atoms with Crippen LogP contribution in [0.5, 0.6) is 0 Å². The number of nitrogens with two attached hydrogens (primary N) is 1. The molecule has 0 saturated heterocycles. The summed E-state index contributed by atoms with van der Waals surface area (Å²) in [5.74, 6) is 0. The summed E-state index contributed by atoms with van der Waals surface area (Å²) in [5, 5.41) is 0. The lowest BCUT2D eigenvalue weighted by atomic mass is 9.84. The first-order valence-electron chi connectivity index (χ1n) is 7.00. The molecule has 2 nitrogen and oxygen atoms in total. The van der Waals surface area contributed by atoms with Gasteiger partial charge in [-0.25, -0.2) is 0 Å². The van der Waals surface area contributed by atoms with Gasteiger partial charge in [0.1, 0.15) is 0 Å². The highest BCUT2D eigenvalue weighted by atomic mass is 15.1. The van der Waals surface area contributed by atoms with Crippen LogP contribution in [0.1, 0.15) is 37.3 Å². The van der Waals surface area contributed by atoms with E-state index in [0.717, 1.165) is 13.1 Å². The van der Waals surface area contributed by atoms with Crippen LogP contribution in [0.25, 0.3) is 0 Å². The Hall–Kier alpha value is -0.860. The zero-order valence-corrected chi connectivity index (χ0v) is 11.9. The number of hydrogen-bond donors (Lipinski definition) is 1. The van der Waals surface area contributed by atoms with Gasteiger partial charge >= 0.3 is 0 Å². The standard InChI is InChI=1S/C16H26N2/c1-13-7-4-5-8-14(13)11-18(3)12-16(2)10-6-9-15(16)17/h4-5,7-8,15H,6,9-12,17H2,1-3H3. The minimum absolute atomic E-state index is 0.303. The Labute approximate surface area is 111 Å². The van der Waals surface area contributed by atoms with Gasteiger partial charge in [0.15, 0.2) is 0 Å². The fourth-order valence-electron chi connectivity index (χ4n) is 3.21.